The number of para-hydroxylation sites is 3. The van der Waals surface area contributed by atoms with E-state index in [0.717, 1.165) is 61.3 Å². The smallest absolute Gasteiger partial charge is 0.120 e. The summed E-state index contributed by atoms with van der Waals surface area (Å²) in [5.74, 6) is 0.816. The van der Waals surface area contributed by atoms with E-state index in [1.54, 1.807) is 0 Å². The molecule has 9 rings (SSSR count). The van der Waals surface area contributed by atoms with Crippen LogP contribution in [0.5, 0.6) is 0 Å². The zero-order chi connectivity index (χ0) is 38.3. The third-order valence-corrected chi connectivity index (χ3v) is 12.2. The van der Waals surface area contributed by atoms with Gasteiger partial charge in [-0.3, -0.25) is 4.98 Å². The quantitative estimate of drug-likeness (QED) is 0.128. The van der Waals surface area contributed by atoms with Crippen LogP contribution >= 0.6 is 0 Å². The molecule has 0 aliphatic carbocycles. The van der Waals surface area contributed by atoms with Gasteiger partial charge in [-0.25, -0.2) is 0 Å². The van der Waals surface area contributed by atoms with E-state index in [0.29, 0.717) is 0 Å². The van der Waals surface area contributed by atoms with Crippen molar-refractivity contribution in [2.75, 3.05) is 0 Å². The molecule has 3 heterocycles. The monoisotopic (exact) mass is 924 g/mol. The molecule has 0 amide bonds. The molecular formula is C50H45IrN3OSi-2. The van der Waals surface area contributed by atoms with Crippen molar-refractivity contribution in [3.8, 4) is 39.5 Å². The molecule has 0 aliphatic rings. The summed E-state index contributed by atoms with van der Waals surface area (Å²) < 4.78 is 8.69. The first kappa shape index (κ1) is 38.9. The number of hydrogen-bond donors (Lipinski definition) is 0. The molecule has 0 fully saturated rings. The van der Waals surface area contributed by atoms with Crippen LogP contribution in [0.3, 0.4) is 0 Å². The summed E-state index contributed by atoms with van der Waals surface area (Å²) in [7, 11) is -1.24. The zero-order valence-electron chi connectivity index (χ0n) is 32.9. The normalized spacial score (nSPS) is 11.7. The van der Waals surface area contributed by atoms with Gasteiger partial charge in [-0.15, -0.1) is 53.6 Å². The van der Waals surface area contributed by atoms with Crippen LogP contribution < -0.4 is 5.19 Å². The van der Waals surface area contributed by atoms with Gasteiger partial charge in [0.15, 0.2) is 0 Å². The summed E-state index contributed by atoms with van der Waals surface area (Å²) in [5, 5.41) is 3.56. The van der Waals surface area contributed by atoms with E-state index >= 15 is 0 Å². The van der Waals surface area contributed by atoms with Gasteiger partial charge in [0.2, 0.25) is 0 Å². The Morgan fingerprint density at radius 2 is 1.48 bits per heavy atom. The summed E-state index contributed by atoms with van der Waals surface area (Å²) in [6.45, 7) is 15.8. The topological polar surface area (TPSA) is 43.9 Å². The Hall–Kier alpha value is -5.39. The standard InChI is InChI=1S/C35H27N2O.C15H18NSi.Ir/c1-35(2,3)24-20-21-30(28(22-24)23-12-5-4-6-13-23)37-31-18-9-8-17-29(31)36-34(37)27-16-11-15-26-25-14-7-10-19-32(25)38-33(26)27;1-12-5-7-13(8-6-12)15-10-9-14(11-16-15)17(2,3)4;/h4-15,17-22H,1-3H3;5-7,9-11H,1-4H3;/q2*-1;. The molecule has 0 N–H and O–H groups in total. The van der Waals surface area contributed by atoms with E-state index in [9.17, 15) is 0 Å². The van der Waals surface area contributed by atoms with Crippen molar-refractivity contribution in [1.82, 2.24) is 14.5 Å². The van der Waals surface area contributed by atoms with E-state index in [2.05, 4.69) is 172 Å². The molecule has 0 unspecified atom stereocenters. The Labute approximate surface area is 344 Å². The van der Waals surface area contributed by atoms with Gasteiger partial charge in [-0.1, -0.05) is 137 Å². The van der Waals surface area contributed by atoms with Crippen molar-refractivity contribution >= 4 is 46.2 Å². The first-order valence-electron chi connectivity index (χ1n) is 18.9. The third-order valence-electron chi connectivity index (χ3n) is 10.2. The van der Waals surface area contributed by atoms with Gasteiger partial charge >= 0.3 is 0 Å². The number of rotatable bonds is 5. The zero-order valence-corrected chi connectivity index (χ0v) is 36.3. The molecule has 0 saturated carbocycles. The van der Waals surface area contributed by atoms with Gasteiger partial charge in [-0.05, 0) is 57.8 Å². The third kappa shape index (κ3) is 7.70. The number of furan rings is 1. The second-order valence-electron chi connectivity index (χ2n) is 16.3. The molecule has 4 nitrogen and oxygen atoms in total. The minimum Gasteiger partial charge on any atom is -0.501 e. The Balaban J connectivity index is 0.000000225. The number of fused-ring (bicyclic) bond motifs is 4. The van der Waals surface area contributed by atoms with Gasteiger partial charge in [0.25, 0.3) is 0 Å². The first-order valence-corrected chi connectivity index (χ1v) is 22.4. The van der Waals surface area contributed by atoms with Crippen molar-refractivity contribution < 1.29 is 24.5 Å². The van der Waals surface area contributed by atoms with Crippen molar-refractivity contribution in [2.24, 2.45) is 0 Å². The molecule has 3 aromatic heterocycles. The number of nitrogens with zero attached hydrogens (tertiary/aromatic N) is 3. The van der Waals surface area contributed by atoms with E-state index < -0.39 is 8.07 Å². The molecule has 9 aromatic rings. The van der Waals surface area contributed by atoms with Gasteiger partial charge in [0, 0.05) is 42.9 Å². The second-order valence-corrected chi connectivity index (χ2v) is 21.3. The largest absolute Gasteiger partial charge is 0.501 e. The minimum absolute atomic E-state index is 0. The van der Waals surface area contributed by atoms with Crippen molar-refractivity contribution in [2.45, 2.75) is 52.8 Å². The van der Waals surface area contributed by atoms with E-state index in [1.807, 2.05) is 42.6 Å². The maximum Gasteiger partial charge on any atom is 0.120 e. The Morgan fingerprint density at radius 1 is 0.732 bits per heavy atom. The Bertz CT molecular complexity index is 2770. The van der Waals surface area contributed by atoms with E-state index in [1.165, 1.54) is 27.4 Å². The van der Waals surface area contributed by atoms with Gasteiger partial charge in [0.05, 0.1) is 30.5 Å². The van der Waals surface area contributed by atoms with Crippen LogP contribution in [-0.2, 0) is 25.5 Å². The number of hydrogen-bond acceptors (Lipinski definition) is 3. The van der Waals surface area contributed by atoms with E-state index in [-0.39, 0.29) is 25.5 Å². The van der Waals surface area contributed by atoms with Crippen LogP contribution in [0, 0.1) is 19.1 Å². The molecule has 0 spiro atoms. The molecule has 6 heteroatoms. The fourth-order valence-corrected chi connectivity index (χ4v) is 8.03. The summed E-state index contributed by atoms with van der Waals surface area (Å²) in [6.07, 6.45) is 2.02. The van der Waals surface area contributed by atoms with Gasteiger partial charge in [0.1, 0.15) is 5.58 Å². The van der Waals surface area contributed by atoms with Crippen LogP contribution in [0.4, 0.5) is 0 Å². The maximum atomic E-state index is 6.42. The predicted octanol–water partition coefficient (Wildman–Crippen LogP) is 12.8. The predicted molar refractivity (Wildman–Crippen MR) is 233 cm³/mol. The fraction of sp³-hybridized carbons (Fsp3) is 0.160. The number of pyridine rings is 1. The maximum absolute atomic E-state index is 6.42. The molecule has 6 aromatic carbocycles. The van der Waals surface area contributed by atoms with Crippen LogP contribution in [0.2, 0.25) is 19.6 Å². The van der Waals surface area contributed by atoms with Gasteiger partial charge in [-0.2, -0.15) is 0 Å². The molecular weight excluding hydrogens is 879 g/mol. The molecule has 0 bridgehead atoms. The molecule has 0 atom stereocenters. The van der Waals surface area contributed by atoms with Crippen molar-refractivity contribution in [3.05, 3.63) is 169 Å². The molecule has 281 valence electrons. The summed E-state index contributed by atoms with van der Waals surface area (Å²) in [4.78, 5) is 9.71. The SMILES string of the molecule is CC(C)(C)c1ccc(-n2c(-c3[c-]ccc4c3oc3ccccc34)nc3ccccc32)c(-c2ccccc2)c1.Cc1c[c-]c(-c2ccc([Si](C)(C)C)cn2)cc1.[Ir]. The van der Waals surface area contributed by atoms with Crippen molar-refractivity contribution in [3.63, 3.8) is 0 Å². The summed E-state index contributed by atoms with van der Waals surface area (Å²) >= 11 is 0. The Kier molecular flexibility index (Phi) is 10.8. The average molecular weight is 924 g/mol. The number of imidazole rings is 1. The first-order chi connectivity index (χ1) is 26.5. The molecule has 1 radical (unpaired) electrons. The van der Waals surface area contributed by atoms with Crippen LogP contribution in [0.1, 0.15) is 31.9 Å². The van der Waals surface area contributed by atoms with Crippen LogP contribution in [0.15, 0.2) is 150 Å². The Morgan fingerprint density at radius 3 is 2.20 bits per heavy atom. The van der Waals surface area contributed by atoms with Crippen LogP contribution in [0.25, 0.3) is 72.4 Å². The van der Waals surface area contributed by atoms with E-state index in [4.69, 9.17) is 9.40 Å². The average Bonchev–Trinajstić information content (AvgIpc) is 3.77. The minimum atomic E-state index is -1.24. The number of benzene rings is 6. The van der Waals surface area contributed by atoms with Crippen molar-refractivity contribution in [1.29, 1.82) is 0 Å². The number of aromatic nitrogens is 3. The fourth-order valence-electron chi connectivity index (χ4n) is 7.00. The summed E-state index contributed by atoms with van der Waals surface area (Å²) in [5.41, 5.74) is 12.5. The molecule has 0 saturated heterocycles. The van der Waals surface area contributed by atoms with Crippen LogP contribution in [-0.4, -0.2) is 22.6 Å². The molecule has 0 aliphatic heterocycles. The van der Waals surface area contributed by atoms with Gasteiger partial charge < -0.3 is 14.0 Å². The summed E-state index contributed by atoms with van der Waals surface area (Å²) in [6, 6.07) is 55.2. The number of aryl methyl sites for hydroxylation is 1. The second kappa shape index (κ2) is 15.6. The molecule has 56 heavy (non-hydrogen) atoms.